The second-order valence-corrected chi connectivity index (χ2v) is 4.36. The van der Waals surface area contributed by atoms with Gasteiger partial charge in [0.15, 0.2) is 0 Å². The summed E-state index contributed by atoms with van der Waals surface area (Å²) in [5, 5.41) is 12.3. The minimum atomic E-state index is 0.274. The second kappa shape index (κ2) is 5.70. The Morgan fingerprint density at radius 3 is 3.12 bits per heavy atom. The van der Waals surface area contributed by atoms with Crippen molar-refractivity contribution in [2.24, 2.45) is 0 Å². The average Bonchev–Trinajstić information content (AvgIpc) is 2.38. The summed E-state index contributed by atoms with van der Waals surface area (Å²) < 4.78 is 5.62. The number of hydrogen-bond donors (Lipinski definition) is 1. The molecule has 0 spiro atoms. The normalized spacial score (nSPS) is 19.9. The van der Waals surface area contributed by atoms with E-state index in [9.17, 15) is 0 Å². The summed E-state index contributed by atoms with van der Waals surface area (Å²) in [5.74, 6) is 0.975. The van der Waals surface area contributed by atoms with Gasteiger partial charge in [-0.2, -0.15) is 5.26 Å². The Kier molecular flexibility index (Phi) is 4.00. The summed E-state index contributed by atoms with van der Waals surface area (Å²) in [4.78, 5) is 0. The van der Waals surface area contributed by atoms with Crippen LogP contribution in [0.4, 0.5) is 0 Å². The zero-order valence-corrected chi connectivity index (χ0v) is 10.1. The first-order valence-electron chi connectivity index (χ1n) is 6.20. The highest BCUT2D eigenvalue weighted by molar-refractivity contribution is 5.37. The molecule has 3 nitrogen and oxygen atoms in total. The van der Waals surface area contributed by atoms with Crippen LogP contribution in [0.15, 0.2) is 24.3 Å². The highest BCUT2D eigenvalue weighted by atomic mass is 16.5. The van der Waals surface area contributed by atoms with E-state index in [-0.39, 0.29) is 6.04 Å². The fourth-order valence-corrected chi connectivity index (χ4v) is 2.23. The molecule has 0 fully saturated rings. The van der Waals surface area contributed by atoms with Gasteiger partial charge < -0.3 is 10.1 Å². The van der Waals surface area contributed by atoms with Gasteiger partial charge in [-0.1, -0.05) is 25.1 Å². The number of rotatable bonds is 4. The highest BCUT2D eigenvalue weighted by Gasteiger charge is 2.22. The van der Waals surface area contributed by atoms with E-state index in [2.05, 4.69) is 24.4 Å². The molecule has 0 saturated carbocycles. The van der Waals surface area contributed by atoms with Gasteiger partial charge in [-0.05, 0) is 12.5 Å². The van der Waals surface area contributed by atoms with E-state index >= 15 is 0 Å². The smallest absolute Gasteiger partial charge is 0.124 e. The lowest BCUT2D eigenvalue weighted by atomic mass is 9.98. The van der Waals surface area contributed by atoms with Crippen LogP contribution < -0.4 is 10.1 Å². The third-order valence-corrected chi connectivity index (χ3v) is 3.23. The van der Waals surface area contributed by atoms with Crippen molar-refractivity contribution in [1.82, 2.24) is 5.32 Å². The standard InChI is InChI=1S/C14H18N2O/c1-2-11(7-9-15)16-13-8-10-17-14-6-4-3-5-12(13)14/h3-6,11,13,16H,2,7-8,10H2,1H3. The van der Waals surface area contributed by atoms with Gasteiger partial charge in [0.2, 0.25) is 0 Å². The zero-order valence-electron chi connectivity index (χ0n) is 10.1. The van der Waals surface area contributed by atoms with Gasteiger partial charge in [0, 0.05) is 24.1 Å². The van der Waals surface area contributed by atoms with Crippen LogP contribution in [0, 0.1) is 11.3 Å². The Balaban J connectivity index is 2.10. The van der Waals surface area contributed by atoms with Crippen LogP contribution in [0.3, 0.4) is 0 Å². The highest BCUT2D eigenvalue weighted by Crippen LogP contribution is 2.32. The molecular weight excluding hydrogens is 212 g/mol. The van der Waals surface area contributed by atoms with E-state index in [0.717, 1.165) is 25.2 Å². The van der Waals surface area contributed by atoms with Crippen molar-refractivity contribution in [2.45, 2.75) is 38.3 Å². The van der Waals surface area contributed by atoms with Crippen LogP contribution in [-0.4, -0.2) is 12.6 Å². The molecule has 3 heteroatoms. The number of para-hydroxylation sites is 1. The third-order valence-electron chi connectivity index (χ3n) is 3.23. The van der Waals surface area contributed by atoms with E-state index in [1.807, 2.05) is 18.2 Å². The number of benzene rings is 1. The SMILES string of the molecule is CCC(CC#N)NC1CCOc2ccccc21. The fourth-order valence-electron chi connectivity index (χ4n) is 2.23. The first-order chi connectivity index (χ1) is 8.35. The summed E-state index contributed by atoms with van der Waals surface area (Å²) in [5.41, 5.74) is 1.22. The number of hydrogen-bond acceptors (Lipinski definition) is 3. The Morgan fingerprint density at radius 1 is 1.53 bits per heavy atom. The summed E-state index contributed by atoms with van der Waals surface area (Å²) >= 11 is 0. The Morgan fingerprint density at radius 2 is 2.35 bits per heavy atom. The number of nitrogens with zero attached hydrogens (tertiary/aromatic N) is 1. The Bertz CT molecular complexity index is 411. The average molecular weight is 230 g/mol. The first-order valence-corrected chi connectivity index (χ1v) is 6.20. The molecule has 2 rings (SSSR count). The lowest BCUT2D eigenvalue weighted by Crippen LogP contribution is -2.35. The van der Waals surface area contributed by atoms with E-state index in [1.165, 1.54) is 5.56 Å². The molecule has 0 aliphatic carbocycles. The topological polar surface area (TPSA) is 45.0 Å². The molecule has 0 amide bonds. The summed E-state index contributed by atoms with van der Waals surface area (Å²) in [6.07, 6.45) is 2.52. The maximum Gasteiger partial charge on any atom is 0.124 e. The molecule has 1 heterocycles. The molecule has 0 saturated heterocycles. The minimum absolute atomic E-state index is 0.274. The van der Waals surface area contributed by atoms with Gasteiger partial charge >= 0.3 is 0 Å². The van der Waals surface area contributed by atoms with Crippen molar-refractivity contribution in [3.05, 3.63) is 29.8 Å². The maximum atomic E-state index is 8.78. The molecule has 1 aromatic rings. The fraction of sp³-hybridized carbons (Fsp3) is 0.500. The molecule has 2 unspecified atom stereocenters. The Labute approximate surface area is 102 Å². The monoisotopic (exact) mass is 230 g/mol. The van der Waals surface area contributed by atoms with Gasteiger partial charge in [-0.15, -0.1) is 0 Å². The number of fused-ring (bicyclic) bond motifs is 1. The van der Waals surface area contributed by atoms with Crippen LogP contribution in [0.2, 0.25) is 0 Å². The molecule has 90 valence electrons. The van der Waals surface area contributed by atoms with Crippen molar-refractivity contribution < 1.29 is 4.74 Å². The van der Waals surface area contributed by atoms with Gasteiger partial charge in [0.1, 0.15) is 5.75 Å². The molecule has 2 atom stereocenters. The lowest BCUT2D eigenvalue weighted by molar-refractivity contribution is 0.243. The second-order valence-electron chi connectivity index (χ2n) is 4.36. The number of ether oxygens (including phenoxy) is 1. The molecule has 0 radical (unpaired) electrons. The third kappa shape index (κ3) is 2.78. The zero-order chi connectivity index (χ0) is 12.1. The predicted octanol–water partition coefficient (Wildman–Crippen LogP) is 2.79. The van der Waals surface area contributed by atoms with Gasteiger partial charge in [-0.25, -0.2) is 0 Å². The summed E-state index contributed by atoms with van der Waals surface area (Å²) in [7, 11) is 0. The molecule has 1 aliphatic heterocycles. The number of nitriles is 1. The van der Waals surface area contributed by atoms with E-state index < -0.39 is 0 Å². The van der Waals surface area contributed by atoms with E-state index in [4.69, 9.17) is 10.00 Å². The van der Waals surface area contributed by atoms with Crippen molar-refractivity contribution in [1.29, 1.82) is 5.26 Å². The van der Waals surface area contributed by atoms with Crippen molar-refractivity contribution in [2.75, 3.05) is 6.61 Å². The van der Waals surface area contributed by atoms with Gasteiger partial charge in [0.25, 0.3) is 0 Å². The van der Waals surface area contributed by atoms with Crippen LogP contribution >= 0.6 is 0 Å². The molecule has 1 aromatic carbocycles. The van der Waals surface area contributed by atoms with Crippen molar-refractivity contribution in [3.63, 3.8) is 0 Å². The quantitative estimate of drug-likeness (QED) is 0.865. The predicted molar refractivity (Wildman–Crippen MR) is 66.7 cm³/mol. The minimum Gasteiger partial charge on any atom is -0.493 e. The number of nitrogens with one attached hydrogen (secondary N) is 1. The van der Waals surface area contributed by atoms with Crippen LogP contribution in [-0.2, 0) is 0 Å². The largest absolute Gasteiger partial charge is 0.493 e. The van der Waals surface area contributed by atoms with Gasteiger partial charge in [0.05, 0.1) is 19.1 Å². The first kappa shape index (κ1) is 11.9. The van der Waals surface area contributed by atoms with Crippen LogP contribution in [0.1, 0.15) is 37.8 Å². The summed E-state index contributed by atoms with van der Waals surface area (Å²) in [6, 6.07) is 11.0. The molecule has 1 aliphatic rings. The Hall–Kier alpha value is -1.53. The molecule has 0 aromatic heterocycles. The van der Waals surface area contributed by atoms with Crippen molar-refractivity contribution in [3.8, 4) is 11.8 Å². The van der Waals surface area contributed by atoms with Gasteiger partial charge in [-0.3, -0.25) is 0 Å². The molecule has 0 bridgehead atoms. The maximum absolute atomic E-state index is 8.78. The lowest BCUT2D eigenvalue weighted by Gasteiger charge is -2.29. The van der Waals surface area contributed by atoms with Crippen molar-refractivity contribution >= 4 is 0 Å². The molecule has 17 heavy (non-hydrogen) atoms. The summed E-state index contributed by atoms with van der Waals surface area (Å²) in [6.45, 7) is 2.86. The molecular formula is C14H18N2O. The molecule has 1 N–H and O–H groups in total. The van der Waals surface area contributed by atoms with Crippen LogP contribution in [0.25, 0.3) is 0 Å². The van der Waals surface area contributed by atoms with E-state index in [1.54, 1.807) is 0 Å². The van der Waals surface area contributed by atoms with E-state index in [0.29, 0.717) is 12.5 Å². The van der Waals surface area contributed by atoms with Crippen LogP contribution in [0.5, 0.6) is 5.75 Å².